The van der Waals surface area contributed by atoms with E-state index in [1.54, 1.807) is 36.2 Å². The fraction of sp³-hybridized carbons (Fsp3) is 0.600. The van der Waals surface area contributed by atoms with Gasteiger partial charge in [-0.05, 0) is 33.7 Å². The molecule has 0 aromatic carbocycles. The molecule has 0 saturated heterocycles. The highest BCUT2D eigenvalue weighted by molar-refractivity contribution is 7.53. The van der Waals surface area contributed by atoms with E-state index in [-0.39, 0.29) is 60.5 Å². The highest BCUT2D eigenvalue weighted by atomic mass is 31.2. The number of carboxylic acids is 1. The van der Waals surface area contributed by atoms with Gasteiger partial charge in [0.1, 0.15) is 0 Å². The summed E-state index contributed by atoms with van der Waals surface area (Å²) in [4.78, 5) is 88.3. The maximum atomic E-state index is 12.8. The molecule has 54 heavy (non-hydrogen) atoms. The number of imidazole rings is 2. The van der Waals surface area contributed by atoms with Crippen molar-refractivity contribution >= 4 is 49.5 Å². The van der Waals surface area contributed by atoms with Crippen LogP contribution in [0.5, 0.6) is 0 Å². The summed E-state index contributed by atoms with van der Waals surface area (Å²) in [6, 6.07) is 0. The van der Waals surface area contributed by atoms with Crippen molar-refractivity contribution in [1.82, 2.24) is 48.8 Å². The summed E-state index contributed by atoms with van der Waals surface area (Å²) in [5.41, 5.74) is 0.659. The number of rotatable bonds is 23. The number of esters is 1. The number of aromatic nitrogens is 8. The molecule has 0 fully saturated rings. The van der Waals surface area contributed by atoms with Crippen molar-refractivity contribution in [3.63, 3.8) is 0 Å². The summed E-state index contributed by atoms with van der Waals surface area (Å²) in [5.74, 6) is -1.33. The molecule has 0 amide bonds. The van der Waals surface area contributed by atoms with Crippen molar-refractivity contribution < 1.29 is 47.4 Å². The standard InChI is InChI=1S/C19H32N5O6P.C11H16N5O6P/c1-4-28-16(25)8-7-9-23(12-13-31(27,29-5-2)30-6-3)10-11-24-15-22-17-18(24)20-14-21-19(17)26;17-8(18)5-15(3-4-23(20,21)22)1-2-16-7-14-9-10(16)12-6-13-11(9)19/h14-15H,4-13H2,1-3H3,(H,20,21,26);6-7H,1-5H2,(H,17,18)(H,12,13,19)(H2,20,21,22). The van der Waals surface area contributed by atoms with E-state index in [2.05, 4.69) is 34.8 Å². The molecule has 0 atom stereocenters. The van der Waals surface area contributed by atoms with Crippen molar-refractivity contribution in [2.24, 2.45) is 0 Å². The molecule has 300 valence electrons. The summed E-state index contributed by atoms with van der Waals surface area (Å²) in [7, 11) is -7.38. The molecule has 4 aromatic heterocycles. The van der Waals surface area contributed by atoms with Gasteiger partial charge in [-0.25, -0.2) is 19.9 Å². The van der Waals surface area contributed by atoms with Crippen LogP contribution in [0.2, 0.25) is 0 Å². The molecular weight excluding hydrogens is 754 g/mol. The van der Waals surface area contributed by atoms with E-state index in [1.807, 2.05) is 0 Å². The highest BCUT2D eigenvalue weighted by Gasteiger charge is 2.25. The van der Waals surface area contributed by atoms with Gasteiger partial charge in [-0.2, -0.15) is 0 Å². The second kappa shape index (κ2) is 21.7. The number of aliphatic carboxylic acids is 1. The summed E-state index contributed by atoms with van der Waals surface area (Å²) >= 11 is 0. The number of aromatic amines is 2. The van der Waals surface area contributed by atoms with Gasteiger partial charge in [0.05, 0.1) is 64.0 Å². The van der Waals surface area contributed by atoms with E-state index in [4.69, 9.17) is 28.7 Å². The molecule has 0 aliphatic rings. The first-order valence-electron chi connectivity index (χ1n) is 17.2. The number of hydrogen-bond donors (Lipinski definition) is 5. The lowest BCUT2D eigenvalue weighted by Crippen LogP contribution is -2.34. The smallest absolute Gasteiger partial charge is 0.331 e. The monoisotopic (exact) mass is 802 g/mol. The Kier molecular flexibility index (Phi) is 17.8. The topological polar surface area (TPSA) is 290 Å². The van der Waals surface area contributed by atoms with Crippen LogP contribution in [0.15, 0.2) is 34.9 Å². The molecule has 0 spiro atoms. The second-order valence-electron chi connectivity index (χ2n) is 11.7. The van der Waals surface area contributed by atoms with E-state index in [0.29, 0.717) is 70.1 Å². The molecule has 0 radical (unpaired) electrons. The molecule has 4 rings (SSSR count). The van der Waals surface area contributed by atoms with Gasteiger partial charge in [0.2, 0.25) is 0 Å². The van der Waals surface area contributed by atoms with Crippen LogP contribution in [0.3, 0.4) is 0 Å². The molecule has 5 N–H and O–H groups in total. The molecular formula is C30H48N10O12P2. The Hall–Kier alpha value is -4.14. The van der Waals surface area contributed by atoms with Crippen LogP contribution in [0.25, 0.3) is 22.3 Å². The average Bonchev–Trinajstić information content (AvgIpc) is 3.73. The minimum absolute atomic E-state index is 0.0583. The van der Waals surface area contributed by atoms with Crippen LogP contribution in [0.4, 0.5) is 0 Å². The summed E-state index contributed by atoms with van der Waals surface area (Å²) in [5, 5.41) is 8.87. The van der Waals surface area contributed by atoms with Crippen molar-refractivity contribution in [3.8, 4) is 0 Å². The normalized spacial score (nSPS) is 12.1. The SMILES string of the molecule is CCOC(=O)CCCN(CCn1cnc2c(=O)[nH]cnc21)CCP(=O)(OCC)OCC.O=C(O)CN(CCn1cnc2c(=O)[nH]cnc21)CCP(=O)(O)O. The van der Waals surface area contributed by atoms with Gasteiger partial charge in [-0.15, -0.1) is 0 Å². The molecule has 22 nitrogen and oxygen atoms in total. The first-order valence-corrected chi connectivity index (χ1v) is 20.7. The summed E-state index contributed by atoms with van der Waals surface area (Å²) in [6.45, 7) is 8.59. The van der Waals surface area contributed by atoms with Gasteiger partial charge in [0.15, 0.2) is 22.3 Å². The number of nitrogens with one attached hydrogen (secondary N) is 2. The van der Waals surface area contributed by atoms with Crippen LogP contribution in [-0.4, -0.2) is 147 Å². The number of ether oxygens (including phenoxy) is 1. The largest absolute Gasteiger partial charge is 0.480 e. The lowest BCUT2D eigenvalue weighted by Gasteiger charge is -2.25. The predicted molar refractivity (Wildman–Crippen MR) is 195 cm³/mol. The zero-order valence-electron chi connectivity index (χ0n) is 30.4. The quantitative estimate of drug-likeness (QED) is 0.0510. The molecule has 0 aliphatic heterocycles. The van der Waals surface area contributed by atoms with Crippen molar-refractivity contribution in [3.05, 3.63) is 46.0 Å². The molecule has 0 bridgehead atoms. The van der Waals surface area contributed by atoms with E-state index in [0.717, 1.165) is 0 Å². The number of hydrogen-bond acceptors (Lipinski definition) is 15. The van der Waals surface area contributed by atoms with Gasteiger partial charge in [-0.1, -0.05) is 0 Å². The number of carbonyl (C=O) groups excluding carboxylic acids is 1. The maximum Gasteiger partial charge on any atom is 0.331 e. The van der Waals surface area contributed by atoms with Crippen molar-refractivity contribution in [1.29, 1.82) is 0 Å². The fourth-order valence-corrected chi connectivity index (χ4v) is 7.37. The first kappa shape index (κ1) is 44.3. The van der Waals surface area contributed by atoms with Gasteiger partial charge in [0.25, 0.3) is 11.1 Å². The van der Waals surface area contributed by atoms with Gasteiger partial charge in [-0.3, -0.25) is 33.2 Å². The highest BCUT2D eigenvalue weighted by Crippen LogP contribution is 2.47. The van der Waals surface area contributed by atoms with Crippen molar-refractivity contribution in [2.45, 2.75) is 46.7 Å². The Morgan fingerprint density at radius 2 is 1.28 bits per heavy atom. The molecule has 4 heterocycles. The number of nitrogens with zero attached hydrogens (tertiary/aromatic N) is 8. The Bertz CT molecular complexity index is 2000. The van der Waals surface area contributed by atoms with Crippen LogP contribution in [0.1, 0.15) is 33.6 Å². The number of fused-ring (bicyclic) bond motifs is 2. The minimum Gasteiger partial charge on any atom is -0.480 e. The number of carboxylic acid groups (broad SMARTS) is 1. The zero-order valence-corrected chi connectivity index (χ0v) is 32.2. The van der Waals surface area contributed by atoms with E-state index in [1.165, 1.54) is 23.9 Å². The van der Waals surface area contributed by atoms with Crippen LogP contribution >= 0.6 is 15.2 Å². The van der Waals surface area contributed by atoms with Gasteiger partial charge >= 0.3 is 27.1 Å². The molecule has 0 aliphatic carbocycles. The Labute approximate surface area is 309 Å². The average molecular weight is 803 g/mol. The van der Waals surface area contributed by atoms with E-state index >= 15 is 0 Å². The summed E-state index contributed by atoms with van der Waals surface area (Å²) < 4.78 is 42.9. The molecule has 0 saturated carbocycles. The Morgan fingerprint density at radius 1 is 0.759 bits per heavy atom. The lowest BCUT2D eigenvalue weighted by atomic mass is 10.3. The van der Waals surface area contributed by atoms with Crippen molar-refractivity contribution in [2.75, 3.05) is 71.4 Å². The van der Waals surface area contributed by atoms with Gasteiger partial charge < -0.3 is 52.7 Å². The fourth-order valence-electron chi connectivity index (χ4n) is 5.18. The second-order valence-corrected chi connectivity index (χ2v) is 15.6. The Balaban J connectivity index is 0.000000303. The number of H-pyrrole nitrogens is 2. The number of carbonyl (C=O) groups is 2. The first-order chi connectivity index (χ1) is 25.7. The van der Waals surface area contributed by atoms with Crippen LogP contribution in [0, 0.1) is 0 Å². The van der Waals surface area contributed by atoms with Crippen LogP contribution < -0.4 is 11.1 Å². The predicted octanol–water partition coefficient (Wildman–Crippen LogP) is 0.715. The minimum atomic E-state index is -4.20. The summed E-state index contributed by atoms with van der Waals surface area (Å²) in [6.07, 6.45) is 6.31. The third kappa shape index (κ3) is 14.6. The molecule has 4 aromatic rings. The third-order valence-electron chi connectivity index (χ3n) is 7.70. The maximum absolute atomic E-state index is 12.8. The molecule has 0 unspecified atom stereocenters. The Morgan fingerprint density at radius 3 is 1.76 bits per heavy atom. The lowest BCUT2D eigenvalue weighted by molar-refractivity contribution is -0.143. The van der Waals surface area contributed by atoms with Gasteiger partial charge in [0, 0.05) is 45.7 Å². The van der Waals surface area contributed by atoms with E-state index in [9.17, 15) is 28.3 Å². The van der Waals surface area contributed by atoms with E-state index < -0.39 is 27.3 Å². The third-order valence-corrected chi connectivity index (χ3v) is 10.5. The van der Waals surface area contributed by atoms with Crippen LogP contribution in [-0.2, 0) is 45.6 Å². The molecule has 24 heteroatoms. The zero-order chi connectivity index (χ0) is 39.7.